The highest BCUT2D eigenvalue weighted by Crippen LogP contribution is 2.26. The van der Waals surface area contributed by atoms with Crippen molar-refractivity contribution in [2.24, 2.45) is 0 Å². The van der Waals surface area contributed by atoms with E-state index in [9.17, 15) is 21.6 Å². The van der Waals surface area contributed by atoms with Crippen molar-refractivity contribution in [1.82, 2.24) is 4.31 Å². The van der Waals surface area contributed by atoms with Crippen LogP contribution in [0.5, 0.6) is 0 Å². The van der Waals surface area contributed by atoms with E-state index in [4.69, 9.17) is 0 Å². The molecule has 2 saturated heterocycles. The van der Waals surface area contributed by atoms with Crippen molar-refractivity contribution in [3.05, 3.63) is 48.5 Å². The highest BCUT2D eigenvalue weighted by Gasteiger charge is 2.28. The molecule has 0 aromatic heterocycles. The van der Waals surface area contributed by atoms with Gasteiger partial charge in [0.15, 0.2) is 0 Å². The zero-order valence-electron chi connectivity index (χ0n) is 16.3. The zero-order valence-corrected chi connectivity index (χ0v) is 18.0. The molecule has 2 aliphatic heterocycles. The minimum absolute atomic E-state index is 0.0276. The normalized spacial score (nSPS) is 18.1. The van der Waals surface area contributed by atoms with Crippen molar-refractivity contribution in [3.63, 3.8) is 0 Å². The Kier molecular flexibility index (Phi) is 5.56. The minimum atomic E-state index is -3.91. The first-order chi connectivity index (χ1) is 14.3. The van der Waals surface area contributed by atoms with E-state index in [0.717, 1.165) is 19.3 Å². The highest BCUT2D eigenvalue weighted by atomic mass is 32.2. The first-order valence-electron chi connectivity index (χ1n) is 9.81. The maximum atomic E-state index is 12.8. The quantitative estimate of drug-likeness (QED) is 0.729. The molecule has 0 aliphatic carbocycles. The van der Waals surface area contributed by atoms with Crippen molar-refractivity contribution < 1.29 is 21.6 Å². The van der Waals surface area contributed by atoms with Crippen molar-refractivity contribution >= 4 is 37.3 Å². The Bertz CT molecular complexity index is 1160. The summed E-state index contributed by atoms with van der Waals surface area (Å²) in [5, 5.41) is 0. The smallest absolute Gasteiger partial charge is 0.261 e. The van der Waals surface area contributed by atoms with Gasteiger partial charge in [0.05, 0.1) is 15.5 Å². The van der Waals surface area contributed by atoms with E-state index >= 15 is 0 Å². The Morgan fingerprint density at radius 1 is 0.800 bits per heavy atom. The number of nitrogens with zero attached hydrogens (tertiary/aromatic N) is 2. The van der Waals surface area contributed by atoms with Crippen LogP contribution < -0.4 is 9.62 Å². The van der Waals surface area contributed by atoms with Crippen LogP contribution in [-0.4, -0.2) is 46.7 Å². The molecule has 0 unspecified atom stereocenters. The molecule has 2 aromatic carbocycles. The van der Waals surface area contributed by atoms with E-state index in [2.05, 4.69) is 4.72 Å². The lowest BCUT2D eigenvalue weighted by atomic mass is 10.3. The molecule has 2 heterocycles. The number of nitrogens with one attached hydrogen (secondary N) is 1. The number of hydrogen-bond acceptors (Lipinski definition) is 5. The second-order valence-electron chi connectivity index (χ2n) is 7.39. The molecular formula is C20H23N3O5S2. The molecule has 2 aromatic rings. The van der Waals surface area contributed by atoms with Crippen LogP contribution in [0.2, 0.25) is 0 Å². The lowest BCUT2D eigenvalue weighted by molar-refractivity contribution is -0.117. The number of hydrogen-bond donors (Lipinski definition) is 1. The van der Waals surface area contributed by atoms with E-state index in [1.165, 1.54) is 40.7 Å². The Balaban J connectivity index is 1.54. The molecule has 2 aliphatic rings. The largest absolute Gasteiger partial charge is 0.312 e. The molecule has 0 spiro atoms. The number of sulfonamides is 2. The number of carbonyl (C=O) groups is 1. The summed E-state index contributed by atoms with van der Waals surface area (Å²) in [5.41, 5.74) is 0.837. The van der Waals surface area contributed by atoms with Crippen LogP contribution in [0.15, 0.2) is 58.3 Å². The molecule has 2 fully saturated rings. The summed E-state index contributed by atoms with van der Waals surface area (Å²) < 4.78 is 54.8. The molecule has 1 amide bonds. The van der Waals surface area contributed by atoms with Gasteiger partial charge in [-0.3, -0.25) is 9.52 Å². The Morgan fingerprint density at radius 3 is 2.13 bits per heavy atom. The summed E-state index contributed by atoms with van der Waals surface area (Å²) in [6, 6.07) is 11.9. The van der Waals surface area contributed by atoms with Gasteiger partial charge in [0.1, 0.15) is 0 Å². The molecule has 0 atom stereocenters. The molecule has 4 rings (SSSR count). The summed E-state index contributed by atoms with van der Waals surface area (Å²) in [6.45, 7) is 1.58. The lowest BCUT2D eigenvalue weighted by Gasteiger charge is -2.17. The summed E-state index contributed by atoms with van der Waals surface area (Å²) in [4.78, 5) is 13.6. The average molecular weight is 450 g/mol. The van der Waals surface area contributed by atoms with Crippen LogP contribution in [0.1, 0.15) is 25.7 Å². The Morgan fingerprint density at radius 2 is 1.50 bits per heavy atom. The van der Waals surface area contributed by atoms with Crippen LogP contribution in [0.3, 0.4) is 0 Å². The molecule has 0 bridgehead atoms. The third-order valence-electron chi connectivity index (χ3n) is 5.32. The number of amides is 1. The van der Waals surface area contributed by atoms with Gasteiger partial charge >= 0.3 is 0 Å². The predicted octanol–water partition coefficient (Wildman–Crippen LogP) is 2.40. The molecule has 160 valence electrons. The molecule has 1 N–H and O–H groups in total. The van der Waals surface area contributed by atoms with Crippen LogP contribution in [0, 0.1) is 0 Å². The van der Waals surface area contributed by atoms with E-state index in [-0.39, 0.29) is 21.4 Å². The fourth-order valence-corrected chi connectivity index (χ4v) is 6.35. The summed E-state index contributed by atoms with van der Waals surface area (Å²) in [6.07, 6.45) is 2.94. The van der Waals surface area contributed by atoms with Crippen molar-refractivity contribution in [2.75, 3.05) is 29.3 Å². The lowest BCUT2D eigenvalue weighted by Crippen LogP contribution is -2.27. The molecule has 30 heavy (non-hydrogen) atoms. The van der Waals surface area contributed by atoms with Crippen molar-refractivity contribution in [1.29, 1.82) is 0 Å². The van der Waals surface area contributed by atoms with E-state index in [1.807, 2.05) is 0 Å². The van der Waals surface area contributed by atoms with Gasteiger partial charge in [-0.15, -0.1) is 0 Å². The molecule has 0 radical (unpaired) electrons. The second kappa shape index (κ2) is 8.01. The molecule has 0 saturated carbocycles. The van der Waals surface area contributed by atoms with Gasteiger partial charge in [0.2, 0.25) is 15.9 Å². The van der Waals surface area contributed by atoms with Gasteiger partial charge in [-0.25, -0.2) is 16.8 Å². The van der Waals surface area contributed by atoms with Crippen LogP contribution in [0.25, 0.3) is 0 Å². The SMILES string of the molecule is O=C1CCCN1c1ccc(S(=O)(=O)Nc2cccc(S(=O)(=O)N3CCCC3)c2)cc1. The van der Waals surface area contributed by atoms with Crippen molar-refractivity contribution in [3.8, 4) is 0 Å². The first kappa shape index (κ1) is 20.8. The molecule has 8 nitrogen and oxygen atoms in total. The third-order valence-corrected chi connectivity index (χ3v) is 8.61. The van der Waals surface area contributed by atoms with Crippen LogP contribution in [0.4, 0.5) is 11.4 Å². The van der Waals surface area contributed by atoms with Crippen LogP contribution in [-0.2, 0) is 24.8 Å². The average Bonchev–Trinajstić information content (AvgIpc) is 3.40. The minimum Gasteiger partial charge on any atom is -0.312 e. The van der Waals surface area contributed by atoms with Gasteiger partial charge in [0, 0.05) is 31.7 Å². The number of benzene rings is 2. The van der Waals surface area contributed by atoms with Crippen molar-refractivity contribution in [2.45, 2.75) is 35.5 Å². The zero-order chi connectivity index (χ0) is 21.4. The van der Waals surface area contributed by atoms with Gasteiger partial charge in [-0.2, -0.15) is 4.31 Å². The van der Waals surface area contributed by atoms with Gasteiger partial charge in [0.25, 0.3) is 10.0 Å². The Hall–Kier alpha value is -2.43. The van der Waals surface area contributed by atoms with Gasteiger partial charge in [-0.1, -0.05) is 6.07 Å². The number of rotatable bonds is 6. The molecular weight excluding hydrogens is 426 g/mol. The van der Waals surface area contributed by atoms with Crippen LogP contribution >= 0.6 is 0 Å². The van der Waals surface area contributed by atoms with E-state index in [1.54, 1.807) is 17.0 Å². The van der Waals surface area contributed by atoms with Gasteiger partial charge < -0.3 is 4.90 Å². The van der Waals surface area contributed by atoms with E-state index in [0.29, 0.717) is 31.7 Å². The highest BCUT2D eigenvalue weighted by molar-refractivity contribution is 7.92. The summed E-state index contributed by atoms with van der Waals surface area (Å²) in [7, 11) is -7.55. The predicted molar refractivity (Wildman–Crippen MR) is 113 cm³/mol. The first-order valence-corrected chi connectivity index (χ1v) is 12.7. The van der Waals surface area contributed by atoms with E-state index < -0.39 is 20.0 Å². The Labute approximate surface area is 176 Å². The molecule has 10 heteroatoms. The number of anilines is 2. The third kappa shape index (κ3) is 4.07. The summed E-state index contributed by atoms with van der Waals surface area (Å²) >= 11 is 0. The second-order valence-corrected chi connectivity index (χ2v) is 11.0. The maximum Gasteiger partial charge on any atom is 0.261 e. The van der Waals surface area contributed by atoms with Gasteiger partial charge in [-0.05, 0) is 61.7 Å². The monoisotopic (exact) mass is 449 g/mol. The fourth-order valence-electron chi connectivity index (χ4n) is 3.74. The standard InChI is InChI=1S/C20H23N3O5S2/c24-20-7-4-14-23(20)17-8-10-18(11-9-17)29(25,26)21-16-5-3-6-19(15-16)30(27,28)22-12-1-2-13-22/h3,5-6,8-11,15,21H,1-2,4,7,12-14H2. The fraction of sp³-hybridized carbons (Fsp3) is 0.350. The maximum absolute atomic E-state index is 12.8. The topological polar surface area (TPSA) is 104 Å². The number of carbonyl (C=O) groups excluding carboxylic acids is 1. The summed E-state index contributed by atoms with van der Waals surface area (Å²) in [5.74, 6) is 0.0276.